The first kappa shape index (κ1) is 23.5. The second-order valence-corrected chi connectivity index (χ2v) is 11.7. The highest BCUT2D eigenvalue weighted by atomic mass is 28.2. The van der Waals surface area contributed by atoms with Crippen LogP contribution in [-0.2, 0) is 15.4 Å². The summed E-state index contributed by atoms with van der Waals surface area (Å²) in [7, 11) is 3.50. The topological polar surface area (TPSA) is 35.2 Å². The zero-order valence-electron chi connectivity index (χ0n) is 19.5. The second kappa shape index (κ2) is 8.14. The average Bonchev–Trinajstić information content (AvgIpc) is 2.59. The van der Waals surface area contributed by atoms with Crippen LogP contribution in [0, 0.1) is 16.7 Å². The van der Waals surface area contributed by atoms with E-state index in [2.05, 4.69) is 84.1 Å². The van der Waals surface area contributed by atoms with E-state index in [0.717, 1.165) is 17.2 Å². The molecule has 0 heterocycles. The number of nitrogen functional groups attached to an aromatic ring is 1. The summed E-state index contributed by atoms with van der Waals surface area (Å²) in [5.74, 6) is 0.769. The monoisotopic (exact) mass is 400 g/mol. The fraction of sp³-hybridized carbons (Fsp3) is 0.760. The predicted octanol–water partition coefficient (Wildman–Crippen LogP) is 6.90. The van der Waals surface area contributed by atoms with Crippen molar-refractivity contribution < 1.29 is 4.43 Å². The second-order valence-electron chi connectivity index (χ2n) is 11.5. The van der Waals surface area contributed by atoms with Gasteiger partial charge in [-0.25, -0.2) is 0 Å². The molecule has 0 spiro atoms. The summed E-state index contributed by atoms with van der Waals surface area (Å²) in [6.07, 6.45) is 7.97. The minimum absolute atomic E-state index is 0.0310. The lowest BCUT2D eigenvalue weighted by molar-refractivity contribution is -0.119. The number of rotatable bonds is 5. The van der Waals surface area contributed by atoms with E-state index in [1.165, 1.54) is 44.1 Å². The van der Waals surface area contributed by atoms with Crippen molar-refractivity contribution in [3.63, 3.8) is 0 Å². The normalized spacial score (nSPS) is 21.2. The predicted molar refractivity (Wildman–Crippen MR) is 122 cm³/mol. The van der Waals surface area contributed by atoms with Crippen LogP contribution in [0.3, 0.4) is 0 Å². The molecule has 1 aliphatic carbocycles. The van der Waals surface area contributed by atoms with E-state index in [1.807, 2.05) is 0 Å². The molecule has 1 aromatic carbocycles. The van der Waals surface area contributed by atoms with Crippen molar-refractivity contribution in [1.29, 1.82) is 0 Å². The molecule has 0 aromatic heterocycles. The van der Waals surface area contributed by atoms with Crippen LogP contribution in [0.15, 0.2) is 18.2 Å². The highest BCUT2D eigenvalue weighted by molar-refractivity contribution is 5.98. The van der Waals surface area contributed by atoms with Gasteiger partial charge in [0, 0.05) is 11.1 Å². The maximum atomic E-state index is 6.52. The zero-order chi connectivity index (χ0) is 21.4. The van der Waals surface area contributed by atoms with Gasteiger partial charge < -0.3 is 10.2 Å². The Morgan fingerprint density at radius 3 is 1.96 bits per heavy atom. The quantitative estimate of drug-likeness (QED) is 0.431. The number of benzene rings is 1. The maximum absolute atomic E-state index is 6.52. The Labute approximate surface area is 177 Å². The summed E-state index contributed by atoms with van der Waals surface area (Å²) >= 11 is 0. The van der Waals surface area contributed by atoms with Crippen molar-refractivity contribution in [3.05, 3.63) is 29.3 Å². The van der Waals surface area contributed by atoms with Crippen molar-refractivity contribution in [2.45, 2.75) is 105 Å². The largest absolute Gasteiger partial charge is 0.409 e. The molecule has 28 heavy (non-hydrogen) atoms. The number of hydrogen-bond acceptors (Lipinski definition) is 2. The number of nitrogens with two attached hydrogens (primary N) is 1. The Hall–Kier alpha value is -0.803. The average molecular weight is 401 g/mol. The molecule has 157 valence electrons. The van der Waals surface area contributed by atoms with E-state index in [0.29, 0.717) is 0 Å². The van der Waals surface area contributed by atoms with Gasteiger partial charge in [0.25, 0.3) is 0 Å². The fourth-order valence-corrected chi connectivity index (χ4v) is 5.56. The molecule has 1 saturated carbocycles. The molecule has 3 radical (unpaired) electrons. The standard InChI is InChI=1S/C25H42NOSi/c1-22(2,3)20-15-14-19(16-21(20)26)25(8,27-28)24(7,23(4,5)6)17-18-12-10-9-11-13-18/h14-16,18H,9-13,17,26H2,1-8H3. The Balaban J connectivity index is 2.53. The van der Waals surface area contributed by atoms with Crippen LogP contribution < -0.4 is 5.73 Å². The van der Waals surface area contributed by atoms with Gasteiger partial charge in [0.1, 0.15) is 0 Å². The van der Waals surface area contributed by atoms with Gasteiger partial charge in [-0.15, -0.1) is 0 Å². The lowest BCUT2D eigenvalue weighted by Gasteiger charge is -2.55. The van der Waals surface area contributed by atoms with Crippen molar-refractivity contribution in [1.82, 2.24) is 0 Å². The van der Waals surface area contributed by atoms with Crippen LogP contribution in [0.4, 0.5) is 5.69 Å². The van der Waals surface area contributed by atoms with E-state index in [4.69, 9.17) is 10.2 Å². The molecule has 3 heteroatoms. The molecule has 2 N–H and O–H groups in total. The molecule has 1 aliphatic rings. The molecule has 2 unspecified atom stereocenters. The lowest BCUT2D eigenvalue weighted by atomic mass is 9.53. The SMILES string of the molecule is CC(C)(C)c1ccc(C(C)(O[Si])C(C)(CC2CCCCC2)C(C)(C)C)cc1N. The van der Waals surface area contributed by atoms with Gasteiger partial charge in [-0.05, 0) is 47.3 Å². The fourth-order valence-electron chi connectivity index (χ4n) is 5.22. The van der Waals surface area contributed by atoms with E-state index in [-0.39, 0.29) is 16.2 Å². The highest BCUT2D eigenvalue weighted by Gasteiger charge is 2.53. The van der Waals surface area contributed by atoms with Crippen LogP contribution >= 0.6 is 0 Å². The van der Waals surface area contributed by atoms with E-state index < -0.39 is 5.60 Å². The van der Waals surface area contributed by atoms with Crippen LogP contribution in [0.5, 0.6) is 0 Å². The van der Waals surface area contributed by atoms with E-state index >= 15 is 0 Å². The molecule has 2 nitrogen and oxygen atoms in total. The van der Waals surface area contributed by atoms with Crippen LogP contribution in [0.2, 0.25) is 0 Å². The third-order valence-corrected chi connectivity index (χ3v) is 8.15. The van der Waals surface area contributed by atoms with E-state index in [1.54, 1.807) is 0 Å². The zero-order valence-corrected chi connectivity index (χ0v) is 20.5. The van der Waals surface area contributed by atoms with E-state index in [9.17, 15) is 0 Å². The highest BCUT2D eigenvalue weighted by Crippen LogP contribution is 2.58. The van der Waals surface area contributed by atoms with Gasteiger partial charge in [0.05, 0.1) is 5.60 Å². The first-order valence-electron chi connectivity index (χ1n) is 11.0. The summed E-state index contributed by atoms with van der Waals surface area (Å²) < 4.78 is 6.19. The Morgan fingerprint density at radius 1 is 0.964 bits per heavy atom. The summed E-state index contributed by atoms with van der Waals surface area (Å²) in [6, 6.07) is 6.56. The minimum atomic E-state index is -0.482. The first-order chi connectivity index (χ1) is 12.8. The third kappa shape index (κ3) is 4.36. The molecule has 0 aliphatic heterocycles. The van der Waals surface area contributed by atoms with Gasteiger partial charge in [0.15, 0.2) is 0 Å². The van der Waals surface area contributed by atoms with Crippen LogP contribution in [0.25, 0.3) is 0 Å². The Bertz CT molecular complexity index is 666. The minimum Gasteiger partial charge on any atom is -0.409 e. The van der Waals surface area contributed by atoms with Gasteiger partial charge in [-0.1, -0.05) is 92.7 Å². The van der Waals surface area contributed by atoms with Gasteiger partial charge >= 0.3 is 0 Å². The molecule has 0 bridgehead atoms. The van der Waals surface area contributed by atoms with Crippen molar-refractivity contribution in [3.8, 4) is 0 Å². The smallest absolute Gasteiger partial charge is 0.247 e. The van der Waals surface area contributed by atoms with Gasteiger partial charge in [-0.2, -0.15) is 0 Å². The molecular formula is C25H42NOSi. The van der Waals surface area contributed by atoms with Crippen molar-refractivity contribution in [2.24, 2.45) is 16.7 Å². The summed E-state index contributed by atoms with van der Waals surface area (Å²) in [5, 5.41) is 0. The maximum Gasteiger partial charge on any atom is 0.247 e. The molecule has 0 saturated heterocycles. The Morgan fingerprint density at radius 2 is 1.54 bits per heavy atom. The first-order valence-corrected chi connectivity index (χ1v) is 11.4. The molecule has 2 rings (SSSR count). The molecule has 2 atom stereocenters. The molecular weight excluding hydrogens is 358 g/mol. The lowest BCUT2D eigenvalue weighted by Crippen LogP contribution is -2.52. The third-order valence-electron chi connectivity index (χ3n) is 7.74. The number of anilines is 1. The summed E-state index contributed by atoms with van der Waals surface area (Å²) in [6.45, 7) is 18.3. The molecule has 0 amide bonds. The van der Waals surface area contributed by atoms with Gasteiger partial charge in [0.2, 0.25) is 10.5 Å². The van der Waals surface area contributed by atoms with Gasteiger partial charge in [-0.3, -0.25) is 0 Å². The summed E-state index contributed by atoms with van der Waals surface area (Å²) in [5.41, 5.74) is 9.29. The van der Waals surface area contributed by atoms with Crippen molar-refractivity contribution >= 4 is 16.2 Å². The molecule has 1 fully saturated rings. The number of hydrogen-bond donors (Lipinski definition) is 1. The van der Waals surface area contributed by atoms with Crippen LogP contribution in [0.1, 0.15) is 105 Å². The van der Waals surface area contributed by atoms with Crippen LogP contribution in [-0.4, -0.2) is 10.5 Å². The summed E-state index contributed by atoms with van der Waals surface area (Å²) in [4.78, 5) is 0. The molecule has 1 aromatic rings. The van der Waals surface area contributed by atoms with Crippen molar-refractivity contribution in [2.75, 3.05) is 5.73 Å². The Kier molecular flexibility index (Phi) is 6.83.